The van der Waals surface area contributed by atoms with Crippen LogP contribution in [0.1, 0.15) is 38.9 Å². The topological polar surface area (TPSA) is 68.5 Å². The molecule has 1 aromatic heterocycles. The Kier molecular flexibility index (Phi) is 6.76. The van der Waals surface area contributed by atoms with Crippen LogP contribution in [-0.2, 0) is 15.7 Å². The van der Waals surface area contributed by atoms with E-state index in [0.717, 1.165) is 18.2 Å². The normalized spacial score (nSPS) is 13.3. The fraction of sp³-hybridized carbons (Fsp3) is 0.217. The number of rotatable bonds is 5. The summed E-state index contributed by atoms with van der Waals surface area (Å²) in [6.45, 7) is 1.62. The summed E-state index contributed by atoms with van der Waals surface area (Å²) >= 11 is 0. The van der Waals surface area contributed by atoms with Gasteiger partial charge in [-0.3, -0.25) is 4.79 Å². The van der Waals surface area contributed by atoms with Crippen molar-refractivity contribution >= 4 is 28.9 Å². The summed E-state index contributed by atoms with van der Waals surface area (Å²) in [5.74, 6) is -1.42. The molecule has 0 radical (unpaired) electrons. The van der Waals surface area contributed by atoms with E-state index in [1.807, 2.05) is 0 Å². The van der Waals surface area contributed by atoms with Gasteiger partial charge < -0.3 is 14.5 Å². The number of hydrogen-bond acceptors (Lipinski definition) is 4. The van der Waals surface area contributed by atoms with Gasteiger partial charge >= 0.3 is 18.3 Å². The number of amides is 1. The van der Waals surface area contributed by atoms with Gasteiger partial charge in [0.25, 0.3) is 0 Å². The van der Waals surface area contributed by atoms with Gasteiger partial charge in [-0.05, 0) is 48.4 Å². The Morgan fingerprint density at radius 2 is 1.76 bits per heavy atom. The molecule has 0 fully saturated rings. The van der Waals surface area contributed by atoms with Gasteiger partial charge in [0.15, 0.2) is 6.04 Å². The number of halogens is 6. The molecule has 0 saturated carbocycles. The number of alkyl halides is 6. The average Bonchev–Trinajstić information content (AvgIpc) is 3.15. The molecular formula is C23H17F6NO4. The molecule has 1 heterocycles. The number of furan rings is 1. The molecule has 5 nitrogen and oxygen atoms in total. The molecule has 1 atom stereocenters. The zero-order valence-electron chi connectivity index (χ0n) is 17.7. The number of ether oxygens (including phenoxy) is 1. The number of aryl methyl sites for hydroxylation is 1. The van der Waals surface area contributed by atoms with Crippen LogP contribution >= 0.6 is 0 Å². The van der Waals surface area contributed by atoms with Crippen molar-refractivity contribution in [2.24, 2.45) is 0 Å². The minimum atomic E-state index is -5.05. The highest BCUT2D eigenvalue weighted by Crippen LogP contribution is 2.36. The maximum absolute atomic E-state index is 13.5. The third-order valence-electron chi connectivity index (χ3n) is 4.82. The first kappa shape index (κ1) is 24.9. The van der Waals surface area contributed by atoms with Crippen molar-refractivity contribution in [2.75, 3.05) is 7.11 Å². The second-order valence-electron chi connectivity index (χ2n) is 7.23. The van der Waals surface area contributed by atoms with Crippen molar-refractivity contribution in [3.63, 3.8) is 0 Å². The number of esters is 1. The highest BCUT2D eigenvalue weighted by molar-refractivity contribution is 6.05. The van der Waals surface area contributed by atoms with Crippen LogP contribution in [0, 0.1) is 6.92 Å². The number of fused-ring (bicyclic) bond motifs is 1. The fourth-order valence-electron chi connectivity index (χ4n) is 3.29. The molecule has 0 aliphatic carbocycles. The van der Waals surface area contributed by atoms with Gasteiger partial charge in [0, 0.05) is 11.5 Å². The summed E-state index contributed by atoms with van der Waals surface area (Å²) < 4.78 is 89.6. The molecule has 2 aromatic carbocycles. The molecule has 1 N–H and O–H groups in total. The van der Waals surface area contributed by atoms with Gasteiger partial charge in [-0.1, -0.05) is 18.2 Å². The van der Waals surface area contributed by atoms with E-state index in [1.54, 1.807) is 18.3 Å². The highest BCUT2D eigenvalue weighted by atomic mass is 19.4. The van der Waals surface area contributed by atoms with Gasteiger partial charge in [0.1, 0.15) is 16.9 Å². The summed E-state index contributed by atoms with van der Waals surface area (Å²) in [6.07, 6.45) is -7.89. The Morgan fingerprint density at radius 3 is 2.38 bits per heavy atom. The molecule has 1 unspecified atom stereocenters. The molecule has 1 amide bonds. The van der Waals surface area contributed by atoms with E-state index in [4.69, 9.17) is 4.42 Å². The predicted octanol–water partition coefficient (Wildman–Crippen LogP) is 5.98. The molecule has 0 spiro atoms. The summed E-state index contributed by atoms with van der Waals surface area (Å²) in [4.78, 5) is 24.2. The predicted molar refractivity (Wildman–Crippen MR) is 110 cm³/mol. The van der Waals surface area contributed by atoms with Crippen LogP contribution in [0.15, 0.2) is 53.0 Å². The average molecular weight is 485 g/mol. The maximum Gasteiger partial charge on any atom is 0.416 e. The molecule has 3 rings (SSSR count). The van der Waals surface area contributed by atoms with E-state index >= 15 is 0 Å². The zero-order valence-corrected chi connectivity index (χ0v) is 17.7. The standard InChI is InChI=1S/C23H17F6NO4/c1-12-10-17-13(6-8-16(19(17)34-12)21(32)33-2)7-9-18(31)30-20(23(27,28)29)14-4-3-5-15(11-14)22(24,25)26/h3-11,20H,1-2H3,(H,30,31)/b9-7+. The maximum atomic E-state index is 13.5. The minimum absolute atomic E-state index is 0.119. The third kappa shape index (κ3) is 5.41. The summed E-state index contributed by atoms with van der Waals surface area (Å²) in [7, 11) is 1.18. The first-order chi connectivity index (χ1) is 15.8. The van der Waals surface area contributed by atoms with Crippen LogP contribution in [0.3, 0.4) is 0 Å². The van der Waals surface area contributed by atoms with Crippen molar-refractivity contribution in [3.8, 4) is 0 Å². The monoisotopic (exact) mass is 485 g/mol. The van der Waals surface area contributed by atoms with Crippen LogP contribution in [0.25, 0.3) is 17.0 Å². The Bertz CT molecular complexity index is 1260. The van der Waals surface area contributed by atoms with Crippen LogP contribution in [0.2, 0.25) is 0 Å². The zero-order chi connectivity index (χ0) is 25.3. The van der Waals surface area contributed by atoms with Crippen molar-refractivity contribution in [1.82, 2.24) is 5.32 Å². The summed E-state index contributed by atoms with van der Waals surface area (Å²) in [5.41, 5.74) is -1.39. The van der Waals surface area contributed by atoms with Crippen molar-refractivity contribution < 1.29 is 45.1 Å². The van der Waals surface area contributed by atoms with Crippen LogP contribution in [0.5, 0.6) is 0 Å². The van der Waals surface area contributed by atoms with Gasteiger partial charge in [-0.15, -0.1) is 0 Å². The van der Waals surface area contributed by atoms with Gasteiger partial charge in [0.05, 0.1) is 12.7 Å². The summed E-state index contributed by atoms with van der Waals surface area (Å²) in [5, 5.41) is 2.11. The van der Waals surface area contributed by atoms with Crippen LogP contribution in [-0.4, -0.2) is 25.2 Å². The van der Waals surface area contributed by atoms with Gasteiger partial charge in [0.2, 0.25) is 5.91 Å². The Morgan fingerprint density at radius 1 is 1.06 bits per heavy atom. The van der Waals surface area contributed by atoms with E-state index in [-0.39, 0.29) is 11.1 Å². The van der Waals surface area contributed by atoms with E-state index in [1.165, 1.54) is 25.3 Å². The first-order valence-electron chi connectivity index (χ1n) is 9.65. The molecule has 0 aliphatic rings. The Hall–Kier alpha value is -3.76. The molecule has 180 valence electrons. The van der Waals surface area contributed by atoms with E-state index in [2.05, 4.69) is 4.74 Å². The second kappa shape index (κ2) is 9.24. The molecule has 0 saturated heterocycles. The fourth-order valence-corrected chi connectivity index (χ4v) is 3.29. The van der Waals surface area contributed by atoms with E-state index in [0.29, 0.717) is 28.8 Å². The molecule has 0 bridgehead atoms. The van der Waals surface area contributed by atoms with E-state index in [9.17, 15) is 35.9 Å². The first-order valence-corrected chi connectivity index (χ1v) is 9.65. The smallest absolute Gasteiger partial charge is 0.416 e. The molecular weight excluding hydrogens is 468 g/mol. The van der Waals surface area contributed by atoms with Gasteiger partial charge in [-0.2, -0.15) is 26.3 Å². The van der Waals surface area contributed by atoms with Crippen LogP contribution in [0.4, 0.5) is 26.3 Å². The molecule has 11 heteroatoms. The van der Waals surface area contributed by atoms with Crippen molar-refractivity contribution in [3.05, 3.63) is 76.6 Å². The van der Waals surface area contributed by atoms with Crippen molar-refractivity contribution in [1.29, 1.82) is 0 Å². The number of carbonyl (C=O) groups is 2. The third-order valence-corrected chi connectivity index (χ3v) is 4.82. The lowest BCUT2D eigenvalue weighted by atomic mass is 10.0. The largest absolute Gasteiger partial charge is 0.465 e. The Labute approximate surface area is 189 Å². The number of hydrogen-bond donors (Lipinski definition) is 1. The number of benzene rings is 2. The van der Waals surface area contributed by atoms with E-state index < -0.39 is 41.4 Å². The number of nitrogens with one attached hydrogen (secondary N) is 1. The Balaban J connectivity index is 1.90. The quantitative estimate of drug-likeness (QED) is 0.274. The lowest BCUT2D eigenvalue weighted by Crippen LogP contribution is -2.37. The summed E-state index contributed by atoms with van der Waals surface area (Å²) in [6, 6.07) is 4.38. The minimum Gasteiger partial charge on any atom is -0.465 e. The molecule has 3 aromatic rings. The lowest BCUT2D eigenvalue weighted by molar-refractivity contribution is -0.162. The molecule has 34 heavy (non-hydrogen) atoms. The lowest BCUT2D eigenvalue weighted by Gasteiger charge is -2.22. The number of carbonyl (C=O) groups excluding carboxylic acids is 2. The molecule has 0 aliphatic heterocycles. The number of methoxy groups -OCH3 is 1. The van der Waals surface area contributed by atoms with Crippen molar-refractivity contribution in [2.45, 2.75) is 25.3 Å². The highest BCUT2D eigenvalue weighted by Gasteiger charge is 2.42. The SMILES string of the molecule is COC(=O)c1ccc(/C=C/C(=O)NC(c2cccc(C(F)(F)F)c2)C(F)(F)F)c2cc(C)oc12. The van der Waals surface area contributed by atoms with Crippen LogP contribution < -0.4 is 5.32 Å². The van der Waals surface area contributed by atoms with Gasteiger partial charge in [-0.25, -0.2) is 4.79 Å². The second-order valence-corrected chi connectivity index (χ2v) is 7.23.